The van der Waals surface area contributed by atoms with Crippen molar-refractivity contribution in [1.82, 2.24) is 10.2 Å². The van der Waals surface area contributed by atoms with Crippen LogP contribution in [0, 0.1) is 0 Å². The Morgan fingerprint density at radius 2 is 2.22 bits per heavy atom. The molecule has 2 rings (SSSR count). The number of nitrogens with two attached hydrogens (primary N) is 1. The molecule has 2 atom stereocenters. The zero-order valence-corrected chi connectivity index (χ0v) is 11.2. The van der Waals surface area contributed by atoms with Gasteiger partial charge in [-0.2, -0.15) is 5.10 Å². The molecule has 0 saturated heterocycles. The quantitative estimate of drug-likeness (QED) is 0.790. The molecule has 0 aliphatic heterocycles. The first-order valence-electron chi connectivity index (χ1n) is 6.13. The third-order valence-electron chi connectivity index (χ3n) is 3.49. The minimum absolute atomic E-state index is 0.0588. The van der Waals surface area contributed by atoms with E-state index in [9.17, 15) is 5.11 Å². The van der Waals surface area contributed by atoms with E-state index >= 15 is 0 Å². The van der Waals surface area contributed by atoms with Crippen LogP contribution in [0.15, 0.2) is 12.3 Å². The van der Waals surface area contributed by atoms with Crippen molar-refractivity contribution in [1.29, 1.82) is 0 Å². The minimum Gasteiger partial charge on any atom is -0.391 e. The van der Waals surface area contributed by atoms with Crippen LogP contribution in [0.2, 0.25) is 0 Å². The van der Waals surface area contributed by atoms with Gasteiger partial charge in [0.05, 0.1) is 23.9 Å². The normalized spacial score (nSPS) is 23.7. The van der Waals surface area contributed by atoms with E-state index in [4.69, 9.17) is 18.0 Å². The molecule has 0 radical (unpaired) electrons. The average Bonchev–Trinajstić information content (AvgIpc) is 2.38. The van der Waals surface area contributed by atoms with Crippen molar-refractivity contribution in [3.63, 3.8) is 0 Å². The molecular weight excluding hydrogens is 248 g/mol. The van der Waals surface area contributed by atoms with Gasteiger partial charge in [0.25, 0.3) is 0 Å². The Hall–Kier alpha value is -1.27. The van der Waals surface area contributed by atoms with Gasteiger partial charge < -0.3 is 15.7 Å². The van der Waals surface area contributed by atoms with Gasteiger partial charge in [-0.1, -0.05) is 25.1 Å². The van der Waals surface area contributed by atoms with Crippen LogP contribution in [-0.2, 0) is 0 Å². The first-order chi connectivity index (χ1) is 8.61. The summed E-state index contributed by atoms with van der Waals surface area (Å²) in [7, 11) is 1.91. The van der Waals surface area contributed by atoms with E-state index in [0.29, 0.717) is 16.4 Å². The highest BCUT2D eigenvalue weighted by atomic mass is 32.1. The smallest absolute Gasteiger partial charge is 0.161 e. The van der Waals surface area contributed by atoms with E-state index in [1.165, 1.54) is 0 Å². The van der Waals surface area contributed by atoms with Crippen molar-refractivity contribution in [3.05, 3.63) is 17.8 Å². The lowest BCUT2D eigenvalue weighted by molar-refractivity contribution is 0.106. The molecule has 1 saturated carbocycles. The average molecular weight is 266 g/mol. The fourth-order valence-corrected chi connectivity index (χ4v) is 2.64. The molecule has 0 spiro atoms. The summed E-state index contributed by atoms with van der Waals surface area (Å²) in [6.45, 7) is 0. The van der Waals surface area contributed by atoms with Crippen LogP contribution in [-0.4, -0.2) is 39.5 Å². The van der Waals surface area contributed by atoms with Gasteiger partial charge in [0, 0.05) is 7.05 Å². The highest BCUT2D eigenvalue weighted by Crippen LogP contribution is 2.26. The maximum atomic E-state index is 10.1. The maximum Gasteiger partial charge on any atom is 0.161 e. The van der Waals surface area contributed by atoms with Crippen molar-refractivity contribution < 1.29 is 5.11 Å². The number of nitrogens with zero attached hydrogens (tertiary/aromatic N) is 3. The number of rotatable bonds is 3. The largest absolute Gasteiger partial charge is 0.391 e. The number of aliphatic hydroxyl groups is 1. The van der Waals surface area contributed by atoms with E-state index in [-0.39, 0.29) is 12.1 Å². The van der Waals surface area contributed by atoms with Gasteiger partial charge in [0.2, 0.25) is 0 Å². The summed E-state index contributed by atoms with van der Waals surface area (Å²) in [6.07, 6.45) is 5.22. The first kappa shape index (κ1) is 13.2. The van der Waals surface area contributed by atoms with Crippen LogP contribution >= 0.6 is 12.2 Å². The molecule has 3 N–H and O–H groups in total. The topological polar surface area (TPSA) is 75.3 Å². The van der Waals surface area contributed by atoms with Gasteiger partial charge in [0.1, 0.15) is 4.99 Å². The Morgan fingerprint density at radius 1 is 1.50 bits per heavy atom. The Labute approximate surface area is 112 Å². The van der Waals surface area contributed by atoms with Gasteiger partial charge in [-0.3, -0.25) is 0 Å². The van der Waals surface area contributed by atoms with Crippen LogP contribution in [0.25, 0.3) is 0 Å². The Balaban J connectivity index is 2.27. The molecule has 0 bridgehead atoms. The number of aromatic nitrogens is 2. The van der Waals surface area contributed by atoms with Crippen molar-refractivity contribution in [2.24, 2.45) is 5.73 Å². The van der Waals surface area contributed by atoms with Gasteiger partial charge in [0.15, 0.2) is 5.82 Å². The summed E-state index contributed by atoms with van der Waals surface area (Å²) in [6, 6.07) is 1.82. The Kier molecular flexibility index (Phi) is 4.08. The minimum atomic E-state index is -0.329. The molecule has 98 valence electrons. The van der Waals surface area contributed by atoms with Crippen LogP contribution in [0.3, 0.4) is 0 Å². The molecule has 1 aliphatic carbocycles. The Bertz CT molecular complexity index is 440. The molecule has 6 heteroatoms. The van der Waals surface area contributed by atoms with Crippen LogP contribution in [0.5, 0.6) is 0 Å². The molecule has 1 aromatic rings. The van der Waals surface area contributed by atoms with Gasteiger partial charge in [-0.25, -0.2) is 0 Å². The monoisotopic (exact) mass is 266 g/mol. The SMILES string of the molecule is CN(c1nnccc1C(N)=S)C1CCCCC1O. The number of hydrogen-bond acceptors (Lipinski definition) is 5. The summed E-state index contributed by atoms with van der Waals surface area (Å²) < 4.78 is 0. The standard InChI is InChI=1S/C12H18N4OS/c1-16(9-4-2-3-5-10(9)17)12-8(11(13)18)6-7-14-15-12/h6-7,9-10,17H,2-5H2,1H3,(H2,13,18). The van der Waals surface area contributed by atoms with Crippen LogP contribution < -0.4 is 10.6 Å². The number of thiocarbonyl (C=S) groups is 1. The fraction of sp³-hybridized carbons (Fsp3) is 0.583. The number of anilines is 1. The van der Waals surface area contributed by atoms with Crippen LogP contribution in [0.4, 0.5) is 5.82 Å². The number of aliphatic hydroxyl groups excluding tert-OH is 1. The van der Waals surface area contributed by atoms with E-state index in [1.807, 2.05) is 11.9 Å². The molecule has 0 amide bonds. The second-order valence-corrected chi connectivity index (χ2v) is 5.10. The second-order valence-electron chi connectivity index (χ2n) is 4.66. The lowest BCUT2D eigenvalue weighted by Gasteiger charge is -2.36. The lowest BCUT2D eigenvalue weighted by Crippen LogP contribution is -2.44. The molecular formula is C12H18N4OS. The van der Waals surface area contributed by atoms with Gasteiger partial charge in [-0.05, 0) is 18.9 Å². The summed E-state index contributed by atoms with van der Waals surface area (Å²) in [5.41, 5.74) is 6.40. The zero-order valence-electron chi connectivity index (χ0n) is 10.4. The number of hydrogen-bond donors (Lipinski definition) is 2. The van der Waals surface area contributed by atoms with E-state index < -0.39 is 0 Å². The van der Waals surface area contributed by atoms with E-state index in [1.54, 1.807) is 12.3 Å². The Morgan fingerprint density at radius 3 is 2.89 bits per heavy atom. The lowest BCUT2D eigenvalue weighted by atomic mass is 9.91. The zero-order chi connectivity index (χ0) is 13.1. The van der Waals surface area contributed by atoms with Crippen molar-refractivity contribution in [2.45, 2.75) is 37.8 Å². The molecule has 1 aliphatic rings. The number of likely N-dealkylation sites (N-methyl/N-ethyl adjacent to an activating group) is 1. The predicted molar refractivity (Wildman–Crippen MR) is 74.6 cm³/mol. The molecule has 18 heavy (non-hydrogen) atoms. The summed E-state index contributed by atoms with van der Waals surface area (Å²) >= 11 is 5.02. The second kappa shape index (κ2) is 5.58. The van der Waals surface area contributed by atoms with E-state index in [0.717, 1.165) is 25.7 Å². The molecule has 1 fully saturated rings. The summed E-state index contributed by atoms with van der Waals surface area (Å²) in [4.78, 5) is 2.25. The van der Waals surface area contributed by atoms with Crippen molar-refractivity contribution in [2.75, 3.05) is 11.9 Å². The van der Waals surface area contributed by atoms with Gasteiger partial charge >= 0.3 is 0 Å². The molecule has 1 aromatic heterocycles. The van der Waals surface area contributed by atoms with E-state index in [2.05, 4.69) is 10.2 Å². The predicted octanol–water partition coefficient (Wildman–Crippen LogP) is 0.851. The third kappa shape index (κ3) is 2.59. The summed E-state index contributed by atoms with van der Waals surface area (Å²) in [5, 5.41) is 18.1. The fourth-order valence-electron chi connectivity index (χ4n) is 2.48. The molecule has 5 nitrogen and oxygen atoms in total. The molecule has 2 unspecified atom stereocenters. The summed E-state index contributed by atoms with van der Waals surface area (Å²) in [5.74, 6) is 0.649. The first-order valence-corrected chi connectivity index (χ1v) is 6.54. The maximum absolute atomic E-state index is 10.1. The molecule has 0 aromatic carbocycles. The van der Waals surface area contributed by atoms with Crippen molar-refractivity contribution >= 4 is 23.0 Å². The molecule has 1 heterocycles. The third-order valence-corrected chi connectivity index (χ3v) is 3.71. The van der Waals surface area contributed by atoms with Crippen molar-refractivity contribution in [3.8, 4) is 0 Å². The van der Waals surface area contributed by atoms with Gasteiger partial charge in [-0.15, -0.1) is 5.10 Å². The van der Waals surface area contributed by atoms with Crippen LogP contribution in [0.1, 0.15) is 31.2 Å². The highest BCUT2D eigenvalue weighted by Gasteiger charge is 2.28. The highest BCUT2D eigenvalue weighted by molar-refractivity contribution is 7.80.